The highest BCUT2D eigenvalue weighted by Crippen LogP contribution is 2.44. The van der Waals surface area contributed by atoms with Crippen LogP contribution in [0.1, 0.15) is 22.7 Å². The van der Waals surface area contributed by atoms with Gasteiger partial charge in [-0.1, -0.05) is 48.5 Å². The number of hydrogen-bond donors (Lipinski definition) is 2. The minimum Gasteiger partial charge on any atom is -0.448 e. The average Bonchev–Trinajstić information content (AvgIpc) is 3.14. The number of aromatic amines is 1. The van der Waals surface area contributed by atoms with Crippen LogP contribution in [0.3, 0.4) is 0 Å². The predicted molar refractivity (Wildman–Crippen MR) is 92.0 cm³/mol. The number of ether oxygens (including phenoxy) is 1. The van der Waals surface area contributed by atoms with Gasteiger partial charge in [0.15, 0.2) is 5.82 Å². The molecule has 0 unspecified atom stereocenters. The molecule has 2 aromatic carbocycles. The second kappa shape index (κ2) is 5.85. The third-order valence-corrected chi connectivity index (χ3v) is 4.28. The van der Waals surface area contributed by atoms with Crippen LogP contribution in [0.2, 0.25) is 0 Å². The molecule has 0 saturated heterocycles. The van der Waals surface area contributed by atoms with Gasteiger partial charge in [-0.2, -0.15) is 5.10 Å². The number of carbonyl (C=O) groups is 1. The summed E-state index contributed by atoms with van der Waals surface area (Å²) in [6.45, 7) is 2.17. The molecule has 1 heterocycles. The molecule has 0 radical (unpaired) electrons. The van der Waals surface area contributed by atoms with Gasteiger partial charge in [0.2, 0.25) is 0 Å². The van der Waals surface area contributed by atoms with Crippen LogP contribution in [-0.4, -0.2) is 22.9 Å². The first-order valence-electron chi connectivity index (χ1n) is 7.86. The summed E-state index contributed by atoms with van der Waals surface area (Å²) in [6, 6.07) is 18.3. The van der Waals surface area contributed by atoms with Crippen LogP contribution < -0.4 is 5.32 Å². The number of benzene rings is 2. The van der Waals surface area contributed by atoms with E-state index in [1.807, 2.05) is 31.2 Å². The van der Waals surface area contributed by atoms with Crippen molar-refractivity contribution >= 4 is 11.9 Å². The molecule has 5 heteroatoms. The zero-order valence-electron chi connectivity index (χ0n) is 13.2. The van der Waals surface area contributed by atoms with Gasteiger partial charge in [-0.05, 0) is 29.2 Å². The Labute approximate surface area is 139 Å². The van der Waals surface area contributed by atoms with Gasteiger partial charge < -0.3 is 4.74 Å². The first-order valence-corrected chi connectivity index (χ1v) is 7.86. The summed E-state index contributed by atoms with van der Waals surface area (Å²) in [4.78, 5) is 12.0. The highest BCUT2D eigenvalue weighted by molar-refractivity contribution is 5.84. The van der Waals surface area contributed by atoms with Gasteiger partial charge in [-0.15, -0.1) is 0 Å². The fourth-order valence-corrected chi connectivity index (χ4v) is 3.22. The van der Waals surface area contributed by atoms with E-state index in [0.29, 0.717) is 12.4 Å². The fraction of sp³-hybridized carbons (Fsp3) is 0.158. The maximum absolute atomic E-state index is 12.0. The van der Waals surface area contributed by atoms with E-state index in [9.17, 15) is 4.79 Å². The van der Waals surface area contributed by atoms with E-state index in [4.69, 9.17) is 4.74 Å². The van der Waals surface area contributed by atoms with Crippen molar-refractivity contribution < 1.29 is 9.53 Å². The quantitative estimate of drug-likeness (QED) is 0.764. The molecule has 1 amide bonds. The minimum atomic E-state index is -0.497. The molecular formula is C19H17N3O2. The SMILES string of the molecule is Cc1cc(NC(=O)OCC2c3ccccc3-c3ccccc32)n[nH]1. The van der Waals surface area contributed by atoms with Crippen LogP contribution in [0.5, 0.6) is 0 Å². The number of amides is 1. The molecule has 4 rings (SSSR count). The van der Waals surface area contributed by atoms with Crippen molar-refractivity contribution in [2.75, 3.05) is 11.9 Å². The molecule has 3 aromatic rings. The normalized spacial score (nSPS) is 12.5. The van der Waals surface area contributed by atoms with Crippen LogP contribution in [0, 0.1) is 6.92 Å². The lowest BCUT2D eigenvalue weighted by Gasteiger charge is -2.14. The smallest absolute Gasteiger partial charge is 0.412 e. The van der Waals surface area contributed by atoms with Crippen molar-refractivity contribution in [2.24, 2.45) is 0 Å². The van der Waals surface area contributed by atoms with Gasteiger partial charge in [-0.3, -0.25) is 10.4 Å². The summed E-state index contributed by atoms with van der Waals surface area (Å²) in [5.41, 5.74) is 5.70. The Morgan fingerprint density at radius 2 is 1.75 bits per heavy atom. The summed E-state index contributed by atoms with van der Waals surface area (Å²) < 4.78 is 5.45. The van der Waals surface area contributed by atoms with Crippen molar-refractivity contribution in [1.29, 1.82) is 0 Å². The predicted octanol–water partition coefficient (Wildman–Crippen LogP) is 4.08. The van der Waals surface area contributed by atoms with Crippen LogP contribution >= 0.6 is 0 Å². The lowest BCUT2D eigenvalue weighted by Crippen LogP contribution is -2.18. The number of anilines is 1. The Morgan fingerprint density at radius 1 is 1.12 bits per heavy atom. The van der Waals surface area contributed by atoms with E-state index in [1.165, 1.54) is 22.3 Å². The average molecular weight is 319 g/mol. The van der Waals surface area contributed by atoms with E-state index in [-0.39, 0.29) is 5.92 Å². The fourth-order valence-electron chi connectivity index (χ4n) is 3.22. The Bertz CT molecular complexity index is 855. The molecular weight excluding hydrogens is 302 g/mol. The minimum absolute atomic E-state index is 0.0593. The van der Waals surface area contributed by atoms with Gasteiger partial charge >= 0.3 is 6.09 Å². The molecule has 1 aliphatic rings. The number of fused-ring (bicyclic) bond motifs is 3. The highest BCUT2D eigenvalue weighted by Gasteiger charge is 2.28. The van der Waals surface area contributed by atoms with Crippen LogP contribution in [0.15, 0.2) is 54.6 Å². The monoisotopic (exact) mass is 319 g/mol. The third kappa shape index (κ3) is 2.54. The summed E-state index contributed by atoms with van der Waals surface area (Å²) in [5, 5.41) is 9.38. The molecule has 120 valence electrons. The summed E-state index contributed by atoms with van der Waals surface area (Å²) >= 11 is 0. The molecule has 0 saturated carbocycles. The zero-order valence-corrected chi connectivity index (χ0v) is 13.2. The second-order valence-electron chi connectivity index (χ2n) is 5.89. The largest absolute Gasteiger partial charge is 0.448 e. The van der Waals surface area contributed by atoms with Gasteiger partial charge in [0.1, 0.15) is 6.61 Å². The highest BCUT2D eigenvalue weighted by atomic mass is 16.5. The van der Waals surface area contributed by atoms with Crippen molar-refractivity contribution in [3.8, 4) is 11.1 Å². The lowest BCUT2D eigenvalue weighted by atomic mass is 9.98. The summed E-state index contributed by atoms with van der Waals surface area (Å²) in [6.07, 6.45) is -0.497. The molecule has 24 heavy (non-hydrogen) atoms. The first kappa shape index (κ1) is 14.5. The molecule has 1 aromatic heterocycles. The van der Waals surface area contributed by atoms with Crippen LogP contribution in [0.25, 0.3) is 11.1 Å². The number of H-pyrrole nitrogens is 1. The molecule has 0 spiro atoms. The molecule has 0 atom stereocenters. The molecule has 0 bridgehead atoms. The second-order valence-corrected chi connectivity index (χ2v) is 5.89. The first-order chi connectivity index (χ1) is 11.7. The van der Waals surface area contributed by atoms with Gasteiger partial charge in [0.25, 0.3) is 0 Å². The number of nitrogens with zero attached hydrogens (tertiary/aromatic N) is 1. The molecule has 1 aliphatic carbocycles. The number of aromatic nitrogens is 2. The standard InChI is InChI=1S/C19H17N3O2/c1-12-10-18(22-21-12)20-19(23)24-11-17-15-8-4-2-6-13(15)14-7-3-5-9-16(14)17/h2-10,17H,11H2,1H3,(H2,20,21,22,23). The van der Waals surface area contributed by atoms with E-state index in [2.05, 4.69) is 39.8 Å². The number of carbonyl (C=O) groups excluding carboxylic acids is 1. The van der Waals surface area contributed by atoms with E-state index >= 15 is 0 Å². The van der Waals surface area contributed by atoms with E-state index in [0.717, 1.165) is 5.69 Å². The summed E-state index contributed by atoms with van der Waals surface area (Å²) in [7, 11) is 0. The zero-order chi connectivity index (χ0) is 16.5. The van der Waals surface area contributed by atoms with Gasteiger partial charge in [0.05, 0.1) is 0 Å². The summed E-state index contributed by atoms with van der Waals surface area (Å²) in [5.74, 6) is 0.522. The molecule has 2 N–H and O–H groups in total. The van der Waals surface area contributed by atoms with E-state index < -0.39 is 6.09 Å². The molecule has 0 aliphatic heterocycles. The maximum Gasteiger partial charge on any atom is 0.412 e. The van der Waals surface area contributed by atoms with E-state index in [1.54, 1.807) is 6.07 Å². The Hall–Kier alpha value is -3.08. The van der Waals surface area contributed by atoms with Crippen molar-refractivity contribution in [2.45, 2.75) is 12.8 Å². The van der Waals surface area contributed by atoms with Gasteiger partial charge in [-0.25, -0.2) is 4.79 Å². The Morgan fingerprint density at radius 3 is 2.33 bits per heavy atom. The van der Waals surface area contributed by atoms with Crippen molar-refractivity contribution in [1.82, 2.24) is 10.2 Å². The molecule has 5 nitrogen and oxygen atoms in total. The lowest BCUT2D eigenvalue weighted by molar-refractivity contribution is 0.158. The van der Waals surface area contributed by atoms with Crippen molar-refractivity contribution in [3.05, 3.63) is 71.4 Å². The maximum atomic E-state index is 12.0. The molecule has 0 fully saturated rings. The number of aryl methyl sites for hydroxylation is 1. The number of rotatable bonds is 3. The number of hydrogen-bond acceptors (Lipinski definition) is 3. The Kier molecular flexibility index (Phi) is 3.54. The Balaban J connectivity index is 1.51. The van der Waals surface area contributed by atoms with Crippen LogP contribution in [-0.2, 0) is 4.74 Å². The number of nitrogens with one attached hydrogen (secondary N) is 2. The van der Waals surface area contributed by atoms with Crippen molar-refractivity contribution in [3.63, 3.8) is 0 Å². The van der Waals surface area contributed by atoms with Gasteiger partial charge in [0, 0.05) is 17.7 Å². The topological polar surface area (TPSA) is 67.0 Å². The third-order valence-electron chi connectivity index (χ3n) is 4.28. The van der Waals surface area contributed by atoms with Crippen LogP contribution in [0.4, 0.5) is 10.6 Å².